The summed E-state index contributed by atoms with van der Waals surface area (Å²) < 4.78 is 8.71. The average molecular weight is 389 g/mol. The zero-order valence-electron chi connectivity index (χ0n) is 17.2. The maximum Gasteiger partial charge on any atom is 0.216 e. The van der Waals surface area contributed by atoms with Crippen LogP contribution >= 0.6 is 0 Å². The molecule has 5 rings (SSSR count). The highest BCUT2D eigenvalue weighted by molar-refractivity contribution is 6.13. The zero-order chi connectivity index (χ0) is 20.8. The fourth-order valence-corrected chi connectivity index (χ4v) is 4.31. The molecule has 0 saturated carbocycles. The molecule has 3 aromatic carbocycles. The quantitative estimate of drug-likeness (QED) is 0.336. The number of benzene rings is 3. The van der Waals surface area contributed by atoms with Crippen molar-refractivity contribution in [2.45, 2.75) is 13.8 Å². The van der Waals surface area contributed by atoms with Crippen LogP contribution < -0.4 is 4.57 Å². The van der Waals surface area contributed by atoms with E-state index in [1.165, 1.54) is 5.56 Å². The second-order valence-corrected chi connectivity index (χ2v) is 7.78. The van der Waals surface area contributed by atoms with Crippen LogP contribution in [0, 0.1) is 25.2 Å². The normalized spacial score (nSPS) is 11.1. The third kappa shape index (κ3) is 2.69. The van der Waals surface area contributed by atoms with Crippen LogP contribution in [0.15, 0.2) is 77.3 Å². The van der Waals surface area contributed by atoms with E-state index in [-0.39, 0.29) is 0 Å². The molecular formula is C27H21N2O+. The van der Waals surface area contributed by atoms with Gasteiger partial charge >= 0.3 is 0 Å². The maximum absolute atomic E-state index is 9.76. The summed E-state index contributed by atoms with van der Waals surface area (Å²) in [6, 6.07) is 24.8. The Bertz CT molecular complexity index is 1470. The number of pyridine rings is 1. The Morgan fingerprint density at radius 3 is 2.20 bits per heavy atom. The first kappa shape index (κ1) is 18.1. The van der Waals surface area contributed by atoms with Crippen molar-refractivity contribution in [3.05, 3.63) is 89.6 Å². The number of fused-ring (bicyclic) bond motifs is 3. The van der Waals surface area contributed by atoms with Gasteiger partial charge in [0.2, 0.25) is 5.69 Å². The van der Waals surface area contributed by atoms with E-state index in [0.717, 1.165) is 49.9 Å². The van der Waals surface area contributed by atoms with E-state index in [4.69, 9.17) is 4.42 Å². The summed E-state index contributed by atoms with van der Waals surface area (Å²) in [4.78, 5) is 0. The Kier molecular flexibility index (Phi) is 4.15. The van der Waals surface area contributed by atoms with E-state index in [2.05, 4.69) is 62.0 Å². The van der Waals surface area contributed by atoms with Crippen molar-refractivity contribution >= 4 is 21.9 Å². The third-order valence-electron chi connectivity index (χ3n) is 5.74. The minimum atomic E-state index is 0.618. The van der Waals surface area contributed by atoms with Crippen molar-refractivity contribution in [3.63, 3.8) is 0 Å². The Hall–Kier alpha value is -3.90. The number of furan rings is 1. The van der Waals surface area contributed by atoms with E-state index in [9.17, 15) is 5.26 Å². The van der Waals surface area contributed by atoms with Gasteiger partial charge in [0.25, 0.3) is 0 Å². The number of nitriles is 1. The van der Waals surface area contributed by atoms with Crippen molar-refractivity contribution < 1.29 is 8.98 Å². The van der Waals surface area contributed by atoms with E-state index in [1.54, 1.807) is 0 Å². The molecular weight excluding hydrogens is 368 g/mol. The third-order valence-corrected chi connectivity index (χ3v) is 5.74. The van der Waals surface area contributed by atoms with Gasteiger partial charge in [-0.3, -0.25) is 0 Å². The second kappa shape index (κ2) is 6.86. The minimum absolute atomic E-state index is 0.618. The minimum Gasteiger partial charge on any atom is -0.454 e. The van der Waals surface area contributed by atoms with Crippen LogP contribution in [-0.2, 0) is 7.05 Å². The summed E-state index contributed by atoms with van der Waals surface area (Å²) in [5.41, 5.74) is 8.62. The average Bonchev–Trinajstić information content (AvgIpc) is 3.13. The SMILES string of the molecule is Cc1ccc(-c2c(C)ccc3c2oc2c(-c4ccccc4)c(C#N)ccc23)[n+](C)c1. The number of nitrogens with zero attached hydrogens (tertiary/aromatic N) is 2. The summed E-state index contributed by atoms with van der Waals surface area (Å²) in [7, 11) is 2.06. The molecule has 0 N–H and O–H groups in total. The number of aromatic nitrogens is 1. The highest BCUT2D eigenvalue weighted by Gasteiger charge is 2.22. The molecule has 0 aliphatic heterocycles. The molecule has 3 nitrogen and oxygen atoms in total. The lowest BCUT2D eigenvalue weighted by molar-refractivity contribution is -0.660. The van der Waals surface area contributed by atoms with Gasteiger partial charge in [0.15, 0.2) is 6.20 Å². The summed E-state index contributed by atoms with van der Waals surface area (Å²) in [5, 5.41) is 11.8. The van der Waals surface area contributed by atoms with Gasteiger partial charge in [-0.1, -0.05) is 42.5 Å². The van der Waals surface area contributed by atoms with Crippen LogP contribution in [0.1, 0.15) is 16.7 Å². The number of hydrogen-bond donors (Lipinski definition) is 0. The summed E-state index contributed by atoms with van der Waals surface area (Å²) in [5.74, 6) is 0. The molecule has 2 aromatic heterocycles. The van der Waals surface area contributed by atoms with Crippen LogP contribution in [0.5, 0.6) is 0 Å². The highest BCUT2D eigenvalue weighted by atomic mass is 16.3. The fourth-order valence-electron chi connectivity index (χ4n) is 4.31. The Labute approximate surface area is 175 Å². The van der Waals surface area contributed by atoms with Crippen LogP contribution in [0.2, 0.25) is 0 Å². The van der Waals surface area contributed by atoms with E-state index >= 15 is 0 Å². The molecule has 0 bridgehead atoms. The molecule has 0 amide bonds. The van der Waals surface area contributed by atoms with Crippen molar-refractivity contribution in [2.75, 3.05) is 0 Å². The molecule has 0 fully saturated rings. The summed E-state index contributed by atoms with van der Waals surface area (Å²) >= 11 is 0. The second-order valence-electron chi connectivity index (χ2n) is 7.78. The molecule has 0 radical (unpaired) electrons. The zero-order valence-corrected chi connectivity index (χ0v) is 17.2. The monoisotopic (exact) mass is 389 g/mol. The number of rotatable bonds is 2. The first-order valence-corrected chi connectivity index (χ1v) is 9.99. The van der Waals surface area contributed by atoms with Crippen LogP contribution in [0.4, 0.5) is 0 Å². The smallest absolute Gasteiger partial charge is 0.216 e. The molecule has 0 spiro atoms. The van der Waals surface area contributed by atoms with Crippen LogP contribution in [0.25, 0.3) is 44.3 Å². The van der Waals surface area contributed by atoms with Gasteiger partial charge in [-0.05, 0) is 43.2 Å². The molecule has 30 heavy (non-hydrogen) atoms. The lowest BCUT2D eigenvalue weighted by atomic mass is 9.96. The van der Waals surface area contributed by atoms with Crippen molar-refractivity contribution in [3.8, 4) is 28.5 Å². The van der Waals surface area contributed by atoms with Crippen molar-refractivity contribution in [1.29, 1.82) is 5.26 Å². The molecule has 0 unspecified atom stereocenters. The Balaban J connectivity index is 1.92. The first-order chi connectivity index (χ1) is 14.6. The fraction of sp³-hybridized carbons (Fsp3) is 0.111. The van der Waals surface area contributed by atoms with Gasteiger partial charge in [0.05, 0.1) is 17.2 Å². The topological polar surface area (TPSA) is 40.8 Å². The van der Waals surface area contributed by atoms with Gasteiger partial charge in [-0.2, -0.15) is 5.26 Å². The lowest BCUT2D eigenvalue weighted by Gasteiger charge is -2.06. The molecule has 0 aliphatic carbocycles. The predicted molar refractivity (Wildman–Crippen MR) is 120 cm³/mol. The largest absolute Gasteiger partial charge is 0.454 e. The first-order valence-electron chi connectivity index (χ1n) is 9.99. The highest BCUT2D eigenvalue weighted by Crippen LogP contribution is 2.41. The Morgan fingerprint density at radius 1 is 0.800 bits per heavy atom. The molecule has 3 heteroatoms. The van der Waals surface area contributed by atoms with E-state index in [1.807, 2.05) is 42.5 Å². The summed E-state index contributed by atoms with van der Waals surface area (Å²) in [6.07, 6.45) is 2.12. The van der Waals surface area contributed by atoms with Crippen molar-refractivity contribution in [1.82, 2.24) is 0 Å². The molecule has 0 saturated heterocycles. The maximum atomic E-state index is 9.76. The van der Waals surface area contributed by atoms with Gasteiger partial charge in [-0.15, -0.1) is 0 Å². The van der Waals surface area contributed by atoms with E-state index < -0.39 is 0 Å². The molecule has 5 aromatic rings. The molecule has 2 heterocycles. The van der Waals surface area contributed by atoms with Gasteiger partial charge in [0.1, 0.15) is 18.2 Å². The predicted octanol–water partition coefficient (Wildman–Crippen LogP) is 6.23. The molecule has 0 atom stereocenters. The van der Waals surface area contributed by atoms with Crippen molar-refractivity contribution in [2.24, 2.45) is 7.05 Å². The number of aryl methyl sites for hydroxylation is 3. The van der Waals surface area contributed by atoms with Crippen LogP contribution in [-0.4, -0.2) is 0 Å². The van der Waals surface area contributed by atoms with Gasteiger partial charge in [0, 0.05) is 28.0 Å². The molecule has 0 aliphatic rings. The lowest BCUT2D eigenvalue weighted by Crippen LogP contribution is -2.31. The number of hydrogen-bond acceptors (Lipinski definition) is 2. The van der Waals surface area contributed by atoms with Gasteiger partial charge < -0.3 is 4.42 Å². The Morgan fingerprint density at radius 2 is 1.50 bits per heavy atom. The van der Waals surface area contributed by atoms with Crippen LogP contribution in [0.3, 0.4) is 0 Å². The standard InChI is InChI=1S/C27H21N2O/c1-17-9-14-23(29(3)16-17)24-18(2)10-12-21-22-13-11-20(15-28)25(27(22)30-26(21)24)19-7-5-4-6-8-19/h4-14,16H,1-3H3/q+1. The summed E-state index contributed by atoms with van der Waals surface area (Å²) in [6.45, 7) is 4.20. The molecule has 144 valence electrons. The van der Waals surface area contributed by atoms with Gasteiger partial charge in [-0.25, -0.2) is 4.57 Å². The van der Waals surface area contributed by atoms with E-state index in [0.29, 0.717) is 5.56 Å².